The van der Waals surface area contributed by atoms with Gasteiger partial charge in [0.05, 0.1) is 22.7 Å². The highest BCUT2D eigenvalue weighted by Crippen LogP contribution is 2.16. The summed E-state index contributed by atoms with van der Waals surface area (Å²) in [6.07, 6.45) is 1.69. The van der Waals surface area contributed by atoms with Crippen LogP contribution in [0, 0.1) is 0 Å². The number of aromatic amines is 1. The second kappa shape index (κ2) is 3.30. The SMILES string of the molecule is CC(S)Nc1ccc2nc[nH]c2c1. The molecule has 0 saturated carbocycles. The monoisotopic (exact) mass is 193 g/mol. The number of H-pyrrole nitrogens is 1. The molecule has 2 N–H and O–H groups in total. The Morgan fingerprint density at radius 2 is 2.38 bits per heavy atom. The molecule has 0 radical (unpaired) electrons. The van der Waals surface area contributed by atoms with Crippen molar-refractivity contribution in [3.63, 3.8) is 0 Å². The molecular formula is C9H11N3S. The first-order valence-electron chi connectivity index (χ1n) is 4.13. The smallest absolute Gasteiger partial charge is 0.0931 e. The normalized spacial score (nSPS) is 13.1. The van der Waals surface area contributed by atoms with Crippen molar-refractivity contribution in [2.24, 2.45) is 0 Å². The summed E-state index contributed by atoms with van der Waals surface area (Å²) in [5.41, 5.74) is 3.08. The van der Waals surface area contributed by atoms with Gasteiger partial charge >= 0.3 is 0 Å². The van der Waals surface area contributed by atoms with Crippen LogP contribution in [0.25, 0.3) is 11.0 Å². The van der Waals surface area contributed by atoms with Crippen LogP contribution in [0.5, 0.6) is 0 Å². The molecule has 0 aliphatic carbocycles. The predicted molar refractivity (Wildman–Crippen MR) is 58.2 cm³/mol. The van der Waals surface area contributed by atoms with Crippen molar-refractivity contribution in [2.45, 2.75) is 12.3 Å². The molecule has 0 saturated heterocycles. The van der Waals surface area contributed by atoms with E-state index >= 15 is 0 Å². The molecular weight excluding hydrogens is 182 g/mol. The minimum Gasteiger partial charge on any atom is -0.374 e. The van der Waals surface area contributed by atoms with Crippen LogP contribution in [0.3, 0.4) is 0 Å². The number of anilines is 1. The van der Waals surface area contributed by atoms with Crippen LogP contribution in [0.4, 0.5) is 5.69 Å². The third kappa shape index (κ3) is 1.78. The highest BCUT2D eigenvalue weighted by molar-refractivity contribution is 7.81. The Morgan fingerprint density at radius 1 is 1.54 bits per heavy atom. The number of benzene rings is 1. The summed E-state index contributed by atoms with van der Waals surface area (Å²) < 4.78 is 0. The molecule has 1 unspecified atom stereocenters. The Morgan fingerprint density at radius 3 is 3.15 bits per heavy atom. The summed E-state index contributed by atoms with van der Waals surface area (Å²) in [5.74, 6) is 0. The molecule has 13 heavy (non-hydrogen) atoms. The van der Waals surface area contributed by atoms with E-state index in [0.717, 1.165) is 16.7 Å². The third-order valence-corrected chi connectivity index (χ3v) is 1.92. The highest BCUT2D eigenvalue weighted by Gasteiger charge is 1.98. The molecule has 3 nitrogen and oxygen atoms in total. The second-order valence-electron chi connectivity index (χ2n) is 2.95. The van der Waals surface area contributed by atoms with E-state index in [-0.39, 0.29) is 5.37 Å². The van der Waals surface area contributed by atoms with Gasteiger partial charge in [-0.05, 0) is 25.1 Å². The van der Waals surface area contributed by atoms with E-state index in [4.69, 9.17) is 0 Å². The molecule has 1 heterocycles. The summed E-state index contributed by atoms with van der Waals surface area (Å²) in [4.78, 5) is 7.19. The molecule has 2 aromatic rings. The number of hydrogen-bond donors (Lipinski definition) is 3. The van der Waals surface area contributed by atoms with E-state index in [1.165, 1.54) is 0 Å². The van der Waals surface area contributed by atoms with Gasteiger partial charge in [0.15, 0.2) is 0 Å². The maximum absolute atomic E-state index is 4.25. The number of fused-ring (bicyclic) bond motifs is 1. The van der Waals surface area contributed by atoms with Crippen LogP contribution in [0.2, 0.25) is 0 Å². The molecule has 0 fully saturated rings. The molecule has 0 aliphatic rings. The predicted octanol–water partition coefficient (Wildman–Crippen LogP) is 2.25. The average molecular weight is 193 g/mol. The molecule has 0 aliphatic heterocycles. The molecule has 0 bridgehead atoms. The number of imidazole rings is 1. The molecule has 0 spiro atoms. The zero-order valence-electron chi connectivity index (χ0n) is 7.28. The third-order valence-electron chi connectivity index (χ3n) is 1.80. The number of nitrogens with zero attached hydrogens (tertiary/aromatic N) is 1. The zero-order valence-corrected chi connectivity index (χ0v) is 8.18. The fraction of sp³-hybridized carbons (Fsp3) is 0.222. The highest BCUT2D eigenvalue weighted by atomic mass is 32.1. The zero-order chi connectivity index (χ0) is 9.26. The van der Waals surface area contributed by atoms with E-state index in [9.17, 15) is 0 Å². The lowest BCUT2D eigenvalue weighted by atomic mass is 10.3. The lowest BCUT2D eigenvalue weighted by Gasteiger charge is -2.08. The van der Waals surface area contributed by atoms with E-state index < -0.39 is 0 Å². The average Bonchev–Trinajstić information content (AvgIpc) is 2.49. The summed E-state index contributed by atoms with van der Waals surface area (Å²) in [6.45, 7) is 1.99. The molecule has 1 aromatic carbocycles. The fourth-order valence-electron chi connectivity index (χ4n) is 1.27. The second-order valence-corrected chi connectivity index (χ2v) is 3.73. The first kappa shape index (κ1) is 8.44. The molecule has 4 heteroatoms. The number of rotatable bonds is 2. The first-order chi connectivity index (χ1) is 6.25. The minimum absolute atomic E-state index is 0.153. The van der Waals surface area contributed by atoms with Crippen molar-refractivity contribution >= 4 is 29.3 Å². The van der Waals surface area contributed by atoms with E-state index in [0.29, 0.717) is 0 Å². The van der Waals surface area contributed by atoms with Crippen LogP contribution in [-0.2, 0) is 0 Å². The van der Waals surface area contributed by atoms with Gasteiger partial charge in [-0.25, -0.2) is 4.98 Å². The standard InChI is InChI=1S/C9H11N3S/c1-6(13)12-7-2-3-8-9(4-7)11-5-10-8/h2-6,12-13H,1H3,(H,10,11). The lowest BCUT2D eigenvalue weighted by molar-refractivity contribution is 1.14. The Hall–Kier alpha value is -1.16. The van der Waals surface area contributed by atoms with E-state index in [1.807, 2.05) is 25.1 Å². The van der Waals surface area contributed by atoms with Crippen molar-refractivity contribution in [1.82, 2.24) is 9.97 Å². The van der Waals surface area contributed by atoms with Gasteiger partial charge in [0.25, 0.3) is 0 Å². The molecule has 2 rings (SSSR count). The number of nitrogens with one attached hydrogen (secondary N) is 2. The van der Waals surface area contributed by atoms with Gasteiger partial charge in [0, 0.05) is 5.69 Å². The number of aromatic nitrogens is 2. The van der Waals surface area contributed by atoms with Crippen LogP contribution < -0.4 is 5.32 Å². The van der Waals surface area contributed by atoms with Crippen LogP contribution in [0.1, 0.15) is 6.92 Å². The molecule has 1 aromatic heterocycles. The lowest BCUT2D eigenvalue weighted by Crippen LogP contribution is -2.06. The maximum atomic E-state index is 4.25. The summed E-state index contributed by atoms with van der Waals surface area (Å²) in [7, 11) is 0. The van der Waals surface area contributed by atoms with E-state index in [1.54, 1.807) is 6.33 Å². The Kier molecular flexibility index (Phi) is 2.14. The van der Waals surface area contributed by atoms with Crippen LogP contribution >= 0.6 is 12.6 Å². The quantitative estimate of drug-likeness (QED) is 0.506. The first-order valence-corrected chi connectivity index (χ1v) is 4.65. The minimum atomic E-state index is 0.153. The van der Waals surface area contributed by atoms with Gasteiger partial charge in [-0.15, -0.1) is 0 Å². The maximum Gasteiger partial charge on any atom is 0.0931 e. The Bertz CT molecular complexity index is 408. The fourth-order valence-corrected chi connectivity index (χ4v) is 1.42. The van der Waals surface area contributed by atoms with Gasteiger partial charge in [-0.1, -0.05) is 0 Å². The summed E-state index contributed by atoms with van der Waals surface area (Å²) >= 11 is 4.25. The van der Waals surface area contributed by atoms with Crippen LogP contribution in [0.15, 0.2) is 24.5 Å². The summed E-state index contributed by atoms with van der Waals surface area (Å²) in [5, 5.41) is 3.36. The number of thiol groups is 1. The summed E-state index contributed by atoms with van der Waals surface area (Å²) in [6, 6.07) is 6.00. The van der Waals surface area contributed by atoms with Crippen molar-refractivity contribution in [2.75, 3.05) is 5.32 Å². The molecule has 0 amide bonds. The van der Waals surface area contributed by atoms with Crippen LogP contribution in [-0.4, -0.2) is 15.3 Å². The van der Waals surface area contributed by atoms with Crippen molar-refractivity contribution in [1.29, 1.82) is 0 Å². The van der Waals surface area contributed by atoms with Gasteiger partial charge < -0.3 is 10.3 Å². The van der Waals surface area contributed by atoms with E-state index in [2.05, 4.69) is 27.9 Å². The van der Waals surface area contributed by atoms with Gasteiger partial charge in [0.1, 0.15) is 0 Å². The molecule has 1 atom stereocenters. The molecule has 68 valence electrons. The van der Waals surface area contributed by atoms with Crippen molar-refractivity contribution in [3.8, 4) is 0 Å². The Balaban J connectivity index is 2.37. The Labute approximate surface area is 82.0 Å². The van der Waals surface area contributed by atoms with Gasteiger partial charge in [-0.2, -0.15) is 12.6 Å². The van der Waals surface area contributed by atoms with Crippen molar-refractivity contribution < 1.29 is 0 Å². The topological polar surface area (TPSA) is 40.7 Å². The van der Waals surface area contributed by atoms with Crippen molar-refractivity contribution in [3.05, 3.63) is 24.5 Å². The number of hydrogen-bond acceptors (Lipinski definition) is 3. The largest absolute Gasteiger partial charge is 0.374 e. The van der Waals surface area contributed by atoms with Gasteiger partial charge in [0.2, 0.25) is 0 Å². The van der Waals surface area contributed by atoms with Gasteiger partial charge in [-0.3, -0.25) is 0 Å².